The summed E-state index contributed by atoms with van der Waals surface area (Å²) in [5.74, 6) is 0.622. The van der Waals surface area contributed by atoms with E-state index in [9.17, 15) is 0 Å². The molecule has 2 aliphatic rings. The highest BCUT2D eigenvalue weighted by atomic mass is 32.2. The predicted molar refractivity (Wildman–Crippen MR) is 116 cm³/mol. The molecule has 7 heteroatoms. The van der Waals surface area contributed by atoms with E-state index in [1.807, 2.05) is 30.5 Å². The molecule has 1 spiro atoms. The van der Waals surface area contributed by atoms with Crippen LogP contribution in [-0.4, -0.2) is 20.7 Å². The second-order valence-corrected chi connectivity index (χ2v) is 8.65. The van der Waals surface area contributed by atoms with Crippen LogP contribution in [0.25, 0.3) is 11.0 Å². The standard InChI is InChI=1S/C21H24N6S/c1-14-18-11-15-12-23-20(26-28-17-7-5-16(22)6-8-17)25-19(15)27(18)21(13-24-14)9-3-2-4-10-21/h5-8,11-14H,2-4,9-10,22H2,1H3,(H,23,25,26). The van der Waals surface area contributed by atoms with Crippen LogP contribution >= 0.6 is 11.9 Å². The number of nitrogens with zero attached hydrogens (tertiary/aromatic N) is 4. The van der Waals surface area contributed by atoms with Crippen molar-refractivity contribution in [1.82, 2.24) is 14.5 Å². The number of hydrogen-bond acceptors (Lipinski definition) is 6. The summed E-state index contributed by atoms with van der Waals surface area (Å²) in [4.78, 5) is 15.3. The Labute approximate surface area is 168 Å². The molecule has 3 aromatic rings. The lowest BCUT2D eigenvalue weighted by Gasteiger charge is -2.40. The number of aromatic nitrogens is 3. The minimum Gasteiger partial charge on any atom is -0.399 e. The van der Waals surface area contributed by atoms with Crippen LogP contribution in [0, 0.1) is 0 Å². The maximum Gasteiger partial charge on any atom is 0.235 e. The maximum absolute atomic E-state index is 5.76. The van der Waals surface area contributed by atoms with Gasteiger partial charge in [-0.1, -0.05) is 19.3 Å². The number of benzene rings is 1. The van der Waals surface area contributed by atoms with Crippen LogP contribution in [0.5, 0.6) is 0 Å². The number of nitrogens with one attached hydrogen (secondary N) is 1. The molecule has 6 nitrogen and oxygen atoms in total. The van der Waals surface area contributed by atoms with Gasteiger partial charge in [0.25, 0.3) is 0 Å². The zero-order chi connectivity index (χ0) is 19.1. The number of aliphatic imine (C=N–C) groups is 1. The van der Waals surface area contributed by atoms with Gasteiger partial charge in [-0.25, -0.2) is 4.98 Å². The Kier molecular flexibility index (Phi) is 4.27. The first kappa shape index (κ1) is 17.6. The fraction of sp³-hybridized carbons (Fsp3) is 0.381. The van der Waals surface area contributed by atoms with Gasteiger partial charge in [-0.2, -0.15) is 4.98 Å². The van der Waals surface area contributed by atoms with Crippen molar-refractivity contribution in [2.24, 2.45) is 4.99 Å². The number of hydrogen-bond donors (Lipinski definition) is 2. The van der Waals surface area contributed by atoms with Crippen molar-refractivity contribution in [2.45, 2.75) is 55.5 Å². The fourth-order valence-electron chi connectivity index (χ4n) is 4.38. The SMILES string of the molecule is CC1N=CC2(CCCCC2)n2c1cc1cnc(NSc3ccc(N)cc3)nc12. The highest BCUT2D eigenvalue weighted by Crippen LogP contribution is 2.42. The minimum atomic E-state index is -0.0302. The molecule has 1 saturated carbocycles. The number of rotatable bonds is 3. The fourth-order valence-corrected chi connectivity index (χ4v) is 4.96. The Balaban J connectivity index is 1.51. The largest absolute Gasteiger partial charge is 0.399 e. The number of nitrogen functional groups attached to an aromatic ring is 1. The molecule has 28 heavy (non-hydrogen) atoms. The van der Waals surface area contributed by atoms with E-state index in [1.54, 1.807) is 0 Å². The van der Waals surface area contributed by atoms with E-state index in [2.05, 4.69) is 33.5 Å². The first-order valence-corrected chi connectivity index (χ1v) is 10.7. The van der Waals surface area contributed by atoms with Gasteiger partial charge in [0.15, 0.2) is 0 Å². The van der Waals surface area contributed by atoms with Crippen LogP contribution in [0.2, 0.25) is 0 Å². The summed E-state index contributed by atoms with van der Waals surface area (Å²) in [7, 11) is 0. The Bertz CT molecular complexity index is 1030. The van der Waals surface area contributed by atoms with Gasteiger partial charge in [0.1, 0.15) is 5.65 Å². The summed E-state index contributed by atoms with van der Waals surface area (Å²) in [6.45, 7) is 2.15. The molecule has 0 bridgehead atoms. The summed E-state index contributed by atoms with van der Waals surface area (Å²) in [5.41, 5.74) is 8.74. The lowest BCUT2D eigenvalue weighted by molar-refractivity contribution is 0.277. The molecule has 5 rings (SSSR count). The maximum atomic E-state index is 5.76. The highest BCUT2D eigenvalue weighted by molar-refractivity contribution is 8.00. The summed E-state index contributed by atoms with van der Waals surface area (Å²) in [5, 5.41) is 1.08. The normalized spacial score (nSPS) is 20.4. The summed E-state index contributed by atoms with van der Waals surface area (Å²) < 4.78 is 5.72. The lowest BCUT2D eigenvalue weighted by Crippen LogP contribution is -2.41. The molecule has 1 unspecified atom stereocenters. The Hall–Kier alpha value is -2.54. The van der Waals surface area contributed by atoms with E-state index in [0.29, 0.717) is 5.95 Å². The smallest absolute Gasteiger partial charge is 0.235 e. The summed E-state index contributed by atoms with van der Waals surface area (Å²) in [6.07, 6.45) is 10.2. The van der Waals surface area contributed by atoms with Gasteiger partial charge >= 0.3 is 0 Å². The van der Waals surface area contributed by atoms with Crippen LogP contribution in [0.3, 0.4) is 0 Å². The molecule has 1 aliphatic carbocycles. The van der Waals surface area contributed by atoms with E-state index in [0.717, 1.165) is 34.5 Å². The average molecular weight is 393 g/mol. The second-order valence-electron chi connectivity index (χ2n) is 7.77. The second kappa shape index (κ2) is 6.81. The third-order valence-electron chi connectivity index (χ3n) is 5.84. The van der Waals surface area contributed by atoms with Gasteiger partial charge in [-0.3, -0.25) is 9.71 Å². The quantitative estimate of drug-likeness (QED) is 0.487. The van der Waals surface area contributed by atoms with Crippen LogP contribution < -0.4 is 10.5 Å². The van der Waals surface area contributed by atoms with Crippen molar-refractivity contribution >= 4 is 40.8 Å². The molecule has 1 atom stereocenters. The van der Waals surface area contributed by atoms with E-state index < -0.39 is 0 Å². The molecular formula is C21H24N6S. The van der Waals surface area contributed by atoms with Gasteiger partial charge in [0.2, 0.25) is 5.95 Å². The van der Waals surface area contributed by atoms with Crippen molar-refractivity contribution in [3.05, 3.63) is 42.2 Å². The lowest BCUT2D eigenvalue weighted by atomic mass is 9.81. The summed E-state index contributed by atoms with van der Waals surface area (Å²) >= 11 is 1.49. The number of anilines is 2. The number of fused-ring (bicyclic) bond motifs is 4. The molecule has 3 heterocycles. The third kappa shape index (κ3) is 2.94. The minimum absolute atomic E-state index is 0.0302. The van der Waals surface area contributed by atoms with E-state index in [-0.39, 0.29) is 11.6 Å². The zero-order valence-electron chi connectivity index (χ0n) is 15.9. The Morgan fingerprint density at radius 2 is 1.96 bits per heavy atom. The van der Waals surface area contributed by atoms with Crippen LogP contribution in [-0.2, 0) is 5.54 Å². The average Bonchev–Trinajstić information content (AvgIpc) is 3.12. The first-order chi connectivity index (χ1) is 13.6. The van der Waals surface area contributed by atoms with Crippen LogP contribution in [0.1, 0.15) is 50.8 Å². The van der Waals surface area contributed by atoms with E-state index in [1.165, 1.54) is 36.9 Å². The van der Waals surface area contributed by atoms with Gasteiger partial charge in [-0.15, -0.1) is 0 Å². The third-order valence-corrected chi connectivity index (χ3v) is 6.63. The van der Waals surface area contributed by atoms with Gasteiger partial charge < -0.3 is 10.3 Å². The highest BCUT2D eigenvalue weighted by Gasteiger charge is 2.38. The van der Waals surface area contributed by atoms with E-state index in [4.69, 9.17) is 15.7 Å². The summed E-state index contributed by atoms with van der Waals surface area (Å²) in [6, 6.07) is 10.1. The van der Waals surface area contributed by atoms with Crippen molar-refractivity contribution in [3.63, 3.8) is 0 Å². The molecule has 1 aliphatic heterocycles. The zero-order valence-corrected chi connectivity index (χ0v) is 16.7. The molecule has 0 amide bonds. The van der Waals surface area contributed by atoms with Crippen LogP contribution in [0.4, 0.5) is 11.6 Å². The molecule has 2 aromatic heterocycles. The van der Waals surface area contributed by atoms with Crippen molar-refractivity contribution in [3.8, 4) is 0 Å². The topological polar surface area (TPSA) is 81.1 Å². The molecule has 144 valence electrons. The van der Waals surface area contributed by atoms with Crippen LogP contribution in [0.15, 0.2) is 46.4 Å². The van der Waals surface area contributed by atoms with Crippen molar-refractivity contribution < 1.29 is 0 Å². The van der Waals surface area contributed by atoms with E-state index >= 15 is 0 Å². The molecule has 0 radical (unpaired) electrons. The number of nitrogens with two attached hydrogens (primary N) is 1. The van der Waals surface area contributed by atoms with Crippen molar-refractivity contribution in [1.29, 1.82) is 0 Å². The molecule has 1 fully saturated rings. The molecule has 0 saturated heterocycles. The van der Waals surface area contributed by atoms with Crippen molar-refractivity contribution in [2.75, 3.05) is 10.5 Å². The molecular weight excluding hydrogens is 368 g/mol. The van der Waals surface area contributed by atoms with Gasteiger partial charge in [0.05, 0.1) is 11.6 Å². The first-order valence-electron chi connectivity index (χ1n) is 9.86. The Morgan fingerprint density at radius 3 is 2.75 bits per heavy atom. The predicted octanol–water partition coefficient (Wildman–Crippen LogP) is 4.94. The Morgan fingerprint density at radius 1 is 1.18 bits per heavy atom. The van der Waals surface area contributed by atoms with Gasteiger partial charge in [-0.05, 0) is 62.0 Å². The monoisotopic (exact) mass is 392 g/mol. The molecule has 1 aromatic carbocycles. The molecule has 3 N–H and O–H groups in total. The van der Waals surface area contributed by atoms with Gasteiger partial charge in [0, 0.05) is 34.1 Å².